The van der Waals surface area contributed by atoms with Crippen LogP contribution in [0.4, 0.5) is 0 Å². The van der Waals surface area contributed by atoms with Gasteiger partial charge in [-0.25, -0.2) is 9.97 Å². The number of hydrogen-bond acceptors (Lipinski definition) is 3. The Kier molecular flexibility index (Phi) is 1.83. The molecule has 2 aromatic rings. The second-order valence-corrected chi connectivity index (χ2v) is 3.42. The van der Waals surface area contributed by atoms with E-state index in [-0.39, 0.29) is 5.78 Å². The number of aromatic nitrogens is 4. The zero-order valence-corrected chi connectivity index (χ0v) is 8.27. The SMILES string of the molecule is O=C1C(c2cnc[nH]2)=CC=C1c1cnc[nH]1. The summed E-state index contributed by atoms with van der Waals surface area (Å²) in [4.78, 5) is 25.7. The Labute approximate surface area is 90.9 Å². The van der Waals surface area contributed by atoms with Crippen LogP contribution in [0.2, 0.25) is 0 Å². The number of ketones is 1. The summed E-state index contributed by atoms with van der Waals surface area (Å²) in [5.74, 6) is -0.0199. The van der Waals surface area contributed by atoms with E-state index in [1.807, 2.05) is 0 Å². The molecule has 0 bridgehead atoms. The molecule has 0 spiro atoms. The van der Waals surface area contributed by atoms with E-state index in [1.165, 1.54) is 0 Å². The summed E-state index contributed by atoms with van der Waals surface area (Å²) in [6, 6.07) is 0. The number of Topliss-reactive ketones (excluding diaryl/α,β-unsaturated/α-hetero) is 1. The normalized spacial score (nSPS) is 15.1. The number of carbonyl (C=O) groups excluding carboxylic acids is 1. The van der Waals surface area contributed by atoms with Crippen molar-refractivity contribution in [2.75, 3.05) is 0 Å². The number of nitrogens with zero attached hydrogens (tertiary/aromatic N) is 2. The lowest BCUT2D eigenvalue weighted by atomic mass is 10.1. The van der Waals surface area contributed by atoms with Gasteiger partial charge in [-0.1, -0.05) is 0 Å². The molecule has 0 fully saturated rings. The van der Waals surface area contributed by atoms with Crippen LogP contribution in [-0.2, 0) is 4.79 Å². The largest absolute Gasteiger partial charge is 0.345 e. The quantitative estimate of drug-likeness (QED) is 0.785. The molecule has 5 heteroatoms. The molecule has 0 aromatic carbocycles. The second-order valence-electron chi connectivity index (χ2n) is 3.42. The first-order chi connectivity index (χ1) is 7.86. The molecule has 16 heavy (non-hydrogen) atoms. The van der Waals surface area contributed by atoms with E-state index in [2.05, 4.69) is 19.9 Å². The van der Waals surface area contributed by atoms with E-state index in [9.17, 15) is 4.79 Å². The molecule has 2 N–H and O–H groups in total. The lowest BCUT2D eigenvalue weighted by Gasteiger charge is -1.99. The lowest BCUT2D eigenvalue weighted by Crippen LogP contribution is -2.01. The summed E-state index contributed by atoms with van der Waals surface area (Å²) >= 11 is 0. The first kappa shape index (κ1) is 8.84. The maximum absolute atomic E-state index is 12.1. The smallest absolute Gasteiger partial charge is 0.197 e. The second kappa shape index (κ2) is 3.30. The Morgan fingerprint density at radius 2 is 1.38 bits per heavy atom. The molecule has 2 aromatic heterocycles. The van der Waals surface area contributed by atoms with Gasteiger partial charge in [0, 0.05) is 11.1 Å². The zero-order valence-electron chi connectivity index (χ0n) is 8.27. The summed E-state index contributed by atoms with van der Waals surface area (Å²) in [6.07, 6.45) is 9.94. The van der Waals surface area contributed by atoms with Gasteiger partial charge in [-0.15, -0.1) is 0 Å². The number of nitrogens with one attached hydrogen (secondary N) is 2. The van der Waals surface area contributed by atoms with E-state index in [4.69, 9.17) is 0 Å². The van der Waals surface area contributed by atoms with E-state index < -0.39 is 0 Å². The summed E-state index contributed by atoms with van der Waals surface area (Å²) in [6.45, 7) is 0. The van der Waals surface area contributed by atoms with Crippen LogP contribution >= 0.6 is 0 Å². The molecule has 0 unspecified atom stereocenters. The maximum Gasteiger partial charge on any atom is 0.197 e. The van der Waals surface area contributed by atoms with Crippen LogP contribution < -0.4 is 0 Å². The van der Waals surface area contributed by atoms with Crippen molar-refractivity contribution >= 4 is 16.9 Å². The molecule has 0 saturated carbocycles. The standard InChI is InChI=1S/C11H8N4O/c16-11-7(9-3-12-5-14-9)1-2-8(11)10-4-13-6-15-10/h1-6H,(H,12,14)(H,13,15). The summed E-state index contributed by atoms with van der Waals surface area (Å²) < 4.78 is 0. The number of rotatable bonds is 2. The fraction of sp³-hybridized carbons (Fsp3) is 0. The molecule has 78 valence electrons. The molecule has 2 heterocycles. The average Bonchev–Trinajstić information content (AvgIpc) is 2.96. The van der Waals surface area contributed by atoms with Crippen molar-refractivity contribution in [2.45, 2.75) is 0 Å². The van der Waals surface area contributed by atoms with Gasteiger partial charge in [0.05, 0.1) is 36.4 Å². The van der Waals surface area contributed by atoms with Crippen LogP contribution in [0.3, 0.4) is 0 Å². The summed E-state index contributed by atoms with van der Waals surface area (Å²) in [7, 11) is 0. The number of H-pyrrole nitrogens is 2. The third kappa shape index (κ3) is 1.22. The third-order valence-electron chi connectivity index (χ3n) is 2.48. The fourth-order valence-corrected chi connectivity index (χ4v) is 1.69. The molecule has 1 aliphatic rings. The monoisotopic (exact) mass is 212 g/mol. The number of allylic oxidation sites excluding steroid dienone is 4. The van der Waals surface area contributed by atoms with Gasteiger partial charge >= 0.3 is 0 Å². The molecule has 3 rings (SSSR count). The van der Waals surface area contributed by atoms with E-state index in [0.717, 1.165) is 11.4 Å². The Bertz CT molecular complexity index is 523. The van der Waals surface area contributed by atoms with Crippen LogP contribution in [0.25, 0.3) is 11.1 Å². The molecule has 5 nitrogen and oxygen atoms in total. The zero-order chi connectivity index (χ0) is 11.0. The van der Waals surface area contributed by atoms with Crippen LogP contribution in [0.15, 0.2) is 37.2 Å². The van der Waals surface area contributed by atoms with Crippen molar-refractivity contribution in [3.63, 3.8) is 0 Å². The van der Waals surface area contributed by atoms with Gasteiger partial charge in [0.25, 0.3) is 0 Å². The molecular weight excluding hydrogens is 204 g/mol. The van der Waals surface area contributed by atoms with Gasteiger partial charge in [-0.3, -0.25) is 4.79 Å². The van der Waals surface area contributed by atoms with Crippen molar-refractivity contribution in [3.8, 4) is 0 Å². The van der Waals surface area contributed by atoms with E-state index in [0.29, 0.717) is 11.1 Å². The first-order valence-corrected chi connectivity index (χ1v) is 4.80. The van der Waals surface area contributed by atoms with Crippen LogP contribution in [0, 0.1) is 0 Å². The first-order valence-electron chi connectivity index (χ1n) is 4.80. The van der Waals surface area contributed by atoms with Crippen molar-refractivity contribution < 1.29 is 4.79 Å². The van der Waals surface area contributed by atoms with Crippen molar-refractivity contribution in [1.29, 1.82) is 0 Å². The van der Waals surface area contributed by atoms with Crippen molar-refractivity contribution in [1.82, 2.24) is 19.9 Å². The Balaban J connectivity index is 1.94. The van der Waals surface area contributed by atoms with Gasteiger partial charge in [0.15, 0.2) is 5.78 Å². The highest BCUT2D eigenvalue weighted by atomic mass is 16.1. The highest BCUT2D eigenvalue weighted by molar-refractivity contribution is 6.44. The van der Waals surface area contributed by atoms with Crippen LogP contribution in [0.1, 0.15) is 11.4 Å². The third-order valence-corrected chi connectivity index (χ3v) is 2.48. The molecule has 0 amide bonds. The molecular formula is C11H8N4O. The minimum atomic E-state index is -0.0199. The van der Waals surface area contributed by atoms with E-state index in [1.54, 1.807) is 37.2 Å². The number of hydrogen-bond donors (Lipinski definition) is 2. The number of imidazole rings is 2. The summed E-state index contributed by atoms with van der Waals surface area (Å²) in [5, 5.41) is 0. The average molecular weight is 212 g/mol. The molecule has 1 aliphatic carbocycles. The number of aromatic amines is 2. The van der Waals surface area contributed by atoms with Gasteiger partial charge in [0.2, 0.25) is 0 Å². The fourth-order valence-electron chi connectivity index (χ4n) is 1.69. The maximum atomic E-state index is 12.1. The highest BCUT2D eigenvalue weighted by Crippen LogP contribution is 2.28. The lowest BCUT2D eigenvalue weighted by molar-refractivity contribution is -0.108. The predicted molar refractivity (Wildman–Crippen MR) is 58.1 cm³/mol. The number of carbonyl (C=O) groups is 1. The van der Waals surface area contributed by atoms with Gasteiger partial charge in [0.1, 0.15) is 0 Å². The Morgan fingerprint density at radius 1 is 0.875 bits per heavy atom. The molecule has 0 radical (unpaired) electrons. The molecule has 0 atom stereocenters. The van der Waals surface area contributed by atoms with E-state index >= 15 is 0 Å². The van der Waals surface area contributed by atoms with Crippen LogP contribution in [0.5, 0.6) is 0 Å². The highest BCUT2D eigenvalue weighted by Gasteiger charge is 2.23. The summed E-state index contributed by atoms with van der Waals surface area (Å²) in [5.41, 5.74) is 2.72. The minimum absolute atomic E-state index is 0.0199. The van der Waals surface area contributed by atoms with Crippen molar-refractivity contribution in [3.05, 3.63) is 48.6 Å². The minimum Gasteiger partial charge on any atom is -0.345 e. The van der Waals surface area contributed by atoms with Gasteiger partial charge in [-0.2, -0.15) is 0 Å². The van der Waals surface area contributed by atoms with Gasteiger partial charge in [-0.05, 0) is 12.2 Å². The molecule has 0 aliphatic heterocycles. The molecule has 0 saturated heterocycles. The van der Waals surface area contributed by atoms with Crippen molar-refractivity contribution in [2.24, 2.45) is 0 Å². The Hall–Kier alpha value is -2.43. The predicted octanol–water partition coefficient (Wildman–Crippen LogP) is 1.18. The van der Waals surface area contributed by atoms with Crippen LogP contribution in [-0.4, -0.2) is 25.7 Å². The topological polar surface area (TPSA) is 74.4 Å². The van der Waals surface area contributed by atoms with Gasteiger partial charge < -0.3 is 9.97 Å². The Morgan fingerprint density at radius 3 is 1.75 bits per heavy atom.